The summed E-state index contributed by atoms with van der Waals surface area (Å²) in [4.78, 5) is 22.5. The van der Waals surface area contributed by atoms with Crippen molar-refractivity contribution in [3.8, 4) is 5.75 Å². The number of rotatable bonds is 17. The fourth-order valence-corrected chi connectivity index (χ4v) is 5.43. The summed E-state index contributed by atoms with van der Waals surface area (Å²) < 4.78 is 13.8. The quantitative estimate of drug-likeness (QED) is 0.167. The number of aliphatic hydroxyl groups excluding tert-OH is 1. The molecular formula is C34H41NO7. The van der Waals surface area contributed by atoms with Gasteiger partial charge >= 0.3 is 11.9 Å². The first-order valence-corrected chi connectivity index (χ1v) is 14.8. The number of hydrogen-bond donors (Lipinski definition) is 3. The van der Waals surface area contributed by atoms with Crippen molar-refractivity contribution in [1.29, 1.82) is 0 Å². The molecule has 0 saturated carbocycles. The van der Waals surface area contributed by atoms with Crippen molar-refractivity contribution in [2.75, 3.05) is 13.2 Å². The van der Waals surface area contributed by atoms with Gasteiger partial charge in [-0.05, 0) is 92.8 Å². The lowest BCUT2D eigenvalue weighted by Gasteiger charge is -2.19. The van der Waals surface area contributed by atoms with Gasteiger partial charge in [0.2, 0.25) is 0 Å². The van der Waals surface area contributed by atoms with E-state index in [1.807, 2.05) is 47.2 Å². The maximum absolute atomic E-state index is 11.6. The number of allylic oxidation sites excluding steroid dienone is 2. The van der Waals surface area contributed by atoms with E-state index in [1.165, 1.54) is 0 Å². The molecule has 0 fully saturated rings. The summed E-state index contributed by atoms with van der Waals surface area (Å²) in [5.41, 5.74) is 4.92. The normalized spacial score (nSPS) is 13.9. The summed E-state index contributed by atoms with van der Waals surface area (Å²) in [6.45, 7) is 3.49. The van der Waals surface area contributed by atoms with Crippen molar-refractivity contribution < 1.29 is 34.4 Å². The SMILES string of the molecule is CC(O)C1=C(OCCCCOc2ccc(CCc3cccc4c3c(CC(=O)O)cn4CCCC(=O)O)cc2)C=CCC1. The van der Waals surface area contributed by atoms with Gasteiger partial charge in [-0.3, -0.25) is 9.59 Å². The van der Waals surface area contributed by atoms with Gasteiger partial charge in [0.25, 0.3) is 0 Å². The molecule has 3 N–H and O–H groups in total. The fourth-order valence-electron chi connectivity index (χ4n) is 5.43. The number of carboxylic acids is 2. The van der Waals surface area contributed by atoms with Crippen molar-refractivity contribution in [2.45, 2.75) is 77.4 Å². The number of hydrogen-bond acceptors (Lipinski definition) is 5. The number of nitrogens with zero attached hydrogens (tertiary/aromatic N) is 1. The number of aliphatic hydroxyl groups is 1. The van der Waals surface area contributed by atoms with Gasteiger partial charge in [0.15, 0.2) is 0 Å². The molecule has 1 aliphatic carbocycles. The van der Waals surface area contributed by atoms with Crippen molar-refractivity contribution >= 4 is 22.8 Å². The van der Waals surface area contributed by atoms with Crippen molar-refractivity contribution in [3.05, 3.63) is 88.8 Å². The minimum Gasteiger partial charge on any atom is -0.494 e. The van der Waals surface area contributed by atoms with Gasteiger partial charge in [0.05, 0.1) is 25.7 Å². The zero-order valence-corrected chi connectivity index (χ0v) is 24.3. The van der Waals surface area contributed by atoms with E-state index in [1.54, 1.807) is 6.92 Å². The Bertz CT molecular complexity index is 1420. The molecule has 8 nitrogen and oxygen atoms in total. The van der Waals surface area contributed by atoms with Crippen molar-refractivity contribution in [3.63, 3.8) is 0 Å². The molecule has 0 amide bonds. The molecular weight excluding hydrogens is 534 g/mol. The summed E-state index contributed by atoms with van der Waals surface area (Å²) >= 11 is 0. The zero-order chi connectivity index (χ0) is 29.9. The third-order valence-corrected chi connectivity index (χ3v) is 7.54. The third-order valence-electron chi connectivity index (χ3n) is 7.54. The number of ether oxygens (including phenoxy) is 2. The average Bonchev–Trinajstić information content (AvgIpc) is 3.31. The molecule has 1 aromatic heterocycles. The maximum Gasteiger partial charge on any atom is 0.307 e. The van der Waals surface area contributed by atoms with Gasteiger partial charge in [0, 0.05) is 35.6 Å². The average molecular weight is 576 g/mol. The second kappa shape index (κ2) is 15.3. The number of aryl methyl sites for hydroxylation is 3. The fraction of sp³-hybridized carbons (Fsp3) is 0.412. The highest BCUT2D eigenvalue weighted by molar-refractivity contribution is 5.90. The van der Waals surface area contributed by atoms with Crippen molar-refractivity contribution in [2.24, 2.45) is 0 Å². The Labute approximate surface area is 246 Å². The molecule has 2 aromatic carbocycles. The van der Waals surface area contributed by atoms with Crippen LogP contribution < -0.4 is 4.74 Å². The first-order valence-electron chi connectivity index (χ1n) is 14.8. The topological polar surface area (TPSA) is 118 Å². The number of fused-ring (bicyclic) bond motifs is 1. The van der Waals surface area contributed by atoms with E-state index in [0.29, 0.717) is 26.2 Å². The molecule has 0 saturated heterocycles. The Kier molecular flexibility index (Phi) is 11.2. The molecule has 1 aliphatic rings. The summed E-state index contributed by atoms with van der Waals surface area (Å²) in [6.07, 6.45) is 11.0. The van der Waals surface area contributed by atoms with Gasteiger partial charge < -0.3 is 29.4 Å². The largest absolute Gasteiger partial charge is 0.494 e. The Morgan fingerprint density at radius 3 is 2.40 bits per heavy atom. The molecule has 0 bridgehead atoms. The Morgan fingerprint density at radius 1 is 0.929 bits per heavy atom. The van der Waals surface area contributed by atoms with Crippen LogP contribution in [0.4, 0.5) is 0 Å². The highest BCUT2D eigenvalue weighted by Gasteiger charge is 2.16. The van der Waals surface area contributed by atoms with E-state index in [0.717, 1.165) is 83.2 Å². The molecule has 3 aromatic rings. The predicted octanol–water partition coefficient (Wildman–Crippen LogP) is 6.08. The number of unbranched alkanes of at least 4 members (excludes halogenated alkanes) is 1. The van der Waals surface area contributed by atoms with E-state index < -0.39 is 18.0 Å². The van der Waals surface area contributed by atoms with Gasteiger partial charge in [-0.25, -0.2) is 0 Å². The van der Waals surface area contributed by atoms with E-state index in [-0.39, 0.29) is 12.8 Å². The summed E-state index contributed by atoms with van der Waals surface area (Å²) in [5, 5.41) is 29.3. The van der Waals surface area contributed by atoms with Crippen LogP contribution in [0.1, 0.15) is 62.1 Å². The Balaban J connectivity index is 1.28. The molecule has 224 valence electrons. The second-order valence-corrected chi connectivity index (χ2v) is 10.8. The third kappa shape index (κ3) is 8.73. The van der Waals surface area contributed by atoms with Crippen LogP contribution >= 0.6 is 0 Å². The predicted molar refractivity (Wildman–Crippen MR) is 162 cm³/mol. The zero-order valence-electron chi connectivity index (χ0n) is 24.3. The molecule has 0 radical (unpaired) electrons. The lowest BCUT2D eigenvalue weighted by molar-refractivity contribution is -0.137. The van der Waals surface area contributed by atoms with Crippen LogP contribution in [0.3, 0.4) is 0 Å². The summed E-state index contributed by atoms with van der Waals surface area (Å²) in [7, 11) is 0. The number of benzene rings is 2. The lowest BCUT2D eigenvalue weighted by Crippen LogP contribution is -2.11. The highest BCUT2D eigenvalue weighted by atomic mass is 16.5. The smallest absolute Gasteiger partial charge is 0.307 e. The molecule has 42 heavy (non-hydrogen) atoms. The molecule has 1 atom stereocenters. The van der Waals surface area contributed by atoms with Crippen LogP contribution in [0, 0.1) is 0 Å². The van der Waals surface area contributed by atoms with Gasteiger partial charge in [-0.2, -0.15) is 0 Å². The number of aromatic nitrogens is 1. The van der Waals surface area contributed by atoms with Crippen LogP contribution in [-0.4, -0.2) is 51.1 Å². The van der Waals surface area contributed by atoms with Crippen molar-refractivity contribution in [1.82, 2.24) is 4.57 Å². The molecule has 0 spiro atoms. The number of carboxylic acid groups (broad SMARTS) is 2. The van der Waals surface area contributed by atoms with E-state index >= 15 is 0 Å². The molecule has 4 rings (SSSR count). The second-order valence-electron chi connectivity index (χ2n) is 10.8. The molecule has 0 aliphatic heterocycles. The van der Waals surface area contributed by atoms with Crippen LogP contribution in [0.5, 0.6) is 5.75 Å². The standard InChI is InChI=1S/C34H41NO7/c1-24(36)29-9-2-3-11-31(29)42-21-5-4-20-41-28-17-14-25(15-18-28)13-16-26-8-6-10-30-34(26)27(22-33(39)40)23-35(30)19-7-12-32(37)38/h3,6,8,10-11,14-15,17-18,23-24,36H,2,4-5,7,9,12-13,16,19-22H2,1H3,(H,37,38)(H,39,40). The number of aliphatic carboxylic acids is 2. The maximum atomic E-state index is 11.6. The summed E-state index contributed by atoms with van der Waals surface area (Å²) in [6, 6.07) is 14.1. The molecule has 1 unspecified atom stereocenters. The van der Waals surface area contributed by atoms with Crippen LogP contribution in [0.15, 0.2) is 72.1 Å². The first kappa shape index (κ1) is 30.9. The minimum absolute atomic E-state index is 0.0730. The van der Waals surface area contributed by atoms with Crippen LogP contribution in [0.2, 0.25) is 0 Å². The van der Waals surface area contributed by atoms with E-state index in [2.05, 4.69) is 18.2 Å². The molecule has 8 heteroatoms. The van der Waals surface area contributed by atoms with E-state index in [4.69, 9.17) is 14.6 Å². The summed E-state index contributed by atoms with van der Waals surface area (Å²) in [5.74, 6) is -0.104. The van der Waals surface area contributed by atoms with E-state index in [9.17, 15) is 19.8 Å². The molecule has 1 heterocycles. The van der Waals surface area contributed by atoms with Crippen LogP contribution in [-0.2, 0) is 40.1 Å². The minimum atomic E-state index is -0.887. The lowest BCUT2D eigenvalue weighted by atomic mass is 9.98. The number of carbonyl (C=O) groups is 2. The van der Waals surface area contributed by atoms with Crippen LogP contribution in [0.25, 0.3) is 10.9 Å². The highest BCUT2D eigenvalue weighted by Crippen LogP contribution is 2.28. The van der Waals surface area contributed by atoms with Gasteiger partial charge in [-0.15, -0.1) is 0 Å². The van der Waals surface area contributed by atoms with Gasteiger partial charge in [0.1, 0.15) is 11.5 Å². The monoisotopic (exact) mass is 575 g/mol. The Morgan fingerprint density at radius 2 is 1.69 bits per heavy atom. The Hall–Kier alpha value is -4.04. The first-order chi connectivity index (χ1) is 20.3. The van der Waals surface area contributed by atoms with Gasteiger partial charge in [-0.1, -0.05) is 30.3 Å².